The van der Waals surface area contributed by atoms with Crippen molar-refractivity contribution in [2.45, 2.75) is 206 Å². The SMILES string of the molecule is CC(C)(C)c1cc2c3c(c1)C1(C)CCCCC1(C)N3c1cc(N(c3ccc4c(c3)C(C)(C)CCC4(C)C)c3ccc4c(c3)C(C)(C)CCC4(C)C)cc3c1B2c1cc(C(C)(C)C)cc2c4sc5ccccc5c4n-3c12. The van der Waals surface area contributed by atoms with Crippen molar-refractivity contribution < 1.29 is 0 Å². The third-order valence-corrected chi connectivity index (χ3v) is 22.5. The van der Waals surface area contributed by atoms with E-state index in [9.17, 15) is 0 Å². The second-order valence-electron chi connectivity index (χ2n) is 29.8. The van der Waals surface area contributed by atoms with Crippen LogP contribution in [0.3, 0.4) is 0 Å². The average molecular weight is 1010 g/mol. The molecular weight excluding hydrogens is 926 g/mol. The van der Waals surface area contributed by atoms with Crippen molar-refractivity contribution in [1.82, 2.24) is 4.57 Å². The third-order valence-electron chi connectivity index (χ3n) is 21.3. The van der Waals surface area contributed by atoms with Crippen molar-refractivity contribution in [3.05, 3.63) is 136 Å². The van der Waals surface area contributed by atoms with Crippen LogP contribution in [0.4, 0.5) is 28.4 Å². The van der Waals surface area contributed by atoms with Crippen LogP contribution in [-0.4, -0.2) is 16.8 Å². The van der Waals surface area contributed by atoms with Crippen molar-refractivity contribution >= 4 is 94.1 Å². The summed E-state index contributed by atoms with van der Waals surface area (Å²) in [5.74, 6) is 0. The van der Waals surface area contributed by atoms with Crippen LogP contribution in [0.15, 0.2) is 97.1 Å². The summed E-state index contributed by atoms with van der Waals surface area (Å²) in [5, 5.41) is 2.76. The quantitative estimate of drug-likeness (QED) is 0.163. The topological polar surface area (TPSA) is 11.4 Å². The highest BCUT2D eigenvalue weighted by Gasteiger charge is 2.62. The van der Waals surface area contributed by atoms with E-state index < -0.39 is 0 Å². The van der Waals surface area contributed by atoms with E-state index in [-0.39, 0.29) is 50.2 Å². The maximum Gasteiger partial charge on any atom is 0.252 e. The summed E-state index contributed by atoms with van der Waals surface area (Å²) in [6.45, 7) is 39.8. The molecule has 1 saturated carbocycles. The zero-order valence-electron chi connectivity index (χ0n) is 48.2. The highest BCUT2D eigenvalue weighted by atomic mass is 32.1. The molecule has 0 spiro atoms. The van der Waals surface area contributed by atoms with Gasteiger partial charge in [-0.05, 0) is 182 Å². The summed E-state index contributed by atoms with van der Waals surface area (Å²) in [6, 6.07) is 40.5. The first-order valence-electron chi connectivity index (χ1n) is 28.9. The Morgan fingerprint density at radius 2 is 1.04 bits per heavy atom. The largest absolute Gasteiger partial charge is 0.335 e. The van der Waals surface area contributed by atoms with E-state index in [1.807, 2.05) is 11.3 Å². The highest BCUT2D eigenvalue weighted by Crippen LogP contribution is 2.63. The molecular formula is C70H80BN3S. The predicted molar refractivity (Wildman–Crippen MR) is 326 cm³/mol. The lowest BCUT2D eigenvalue weighted by Gasteiger charge is -2.52. The molecule has 6 aliphatic rings. The molecule has 0 amide bonds. The van der Waals surface area contributed by atoms with Gasteiger partial charge in [0, 0.05) is 49.3 Å². The second kappa shape index (κ2) is 14.9. The van der Waals surface area contributed by atoms with Gasteiger partial charge in [0.2, 0.25) is 0 Å². The standard InChI is InChI=1S/C70H80BN3S/c1-63(2,3)41-33-47-59-53(35-41)71-54-36-42(64(4,5)6)34-52-61(54)74(70(16)28-20-19-27-69(52,70)15)56-40-45(39-55(58(56)71)73(59)60-46-21-17-18-22-57(46)75-62(47)60)72(43-23-25-48-50(37-43)67(11,12)31-29-65(48,7)8)44-24-26-49-51(38-44)68(13,14)32-30-66(49,9)10/h17-18,21-26,33-40H,19-20,27-32H2,1-16H3. The summed E-state index contributed by atoms with van der Waals surface area (Å²) >= 11 is 1.99. The molecule has 3 aliphatic heterocycles. The zero-order valence-corrected chi connectivity index (χ0v) is 49.0. The van der Waals surface area contributed by atoms with Crippen molar-refractivity contribution in [3.63, 3.8) is 0 Å². The number of thiophene rings is 1. The van der Waals surface area contributed by atoms with Gasteiger partial charge in [-0.2, -0.15) is 0 Å². The molecule has 6 aromatic carbocycles. The lowest BCUT2D eigenvalue weighted by Crippen LogP contribution is -2.64. The molecule has 1 fully saturated rings. The molecule has 2 atom stereocenters. The molecule has 14 rings (SSSR count). The summed E-state index contributed by atoms with van der Waals surface area (Å²) in [5.41, 5.74) is 25.9. The van der Waals surface area contributed by atoms with Crippen LogP contribution in [0.25, 0.3) is 36.9 Å². The number of fused-ring (bicyclic) bond motifs is 14. The fourth-order valence-electron chi connectivity index (χ4n) is 16.2. The number of anilines is 5. The van der Waals surface area contributed by atoms with Crippen LogP contribution in [0.1, 0.15) is 201 Å². The van der Waals surface area contributed by atoms with Crippen LogP contribution in [-0.2, 0) is 37.9 Å². The summed E-state index contributed by atoms with van der Waals surface area (Å²) in [4.78, 5) is 5.68. The van der Waals surface area contributed by atoms with E-state index in [1.54, 1.807) is 5.56 Å². The molecule has 3 nitrogen and oxygen atoms in total. The van der Waals surface area contributed by atoms with E-state index in [4.69, 9.17) is 0 Å². The van der Waals surface area contributed by atoms with E-state index in [0.29, 0.717) is 0 Å². The van der Waals surface area contributed by atoms with Gasteiger partial charge in [-0.25, -0.2) is 0 Å². The Bertz CT molecular complexity index is 3740. The maximum absolute atomic E-state index is 2.97. The molecule has 75 heavy (non-hydrogen) atoms. The lowest BCUT2D eigenvalue weighted by atomic mass is 9.33. The first-order chi connectivity index (χ1) is 35.1. The summed E-state index contributed by atoms with van der Waals surface area (Å²) < 4.78 is 5.56. The fraction of sp³-hybridized carbons (Fsp3) is 0.457. The van der Waals surface area contributed by atoms with Crippen molar-refractivity contribution in [2.24, 2.45) is 0 Å². The van der Waals surface area contributed by atoms with Gasteiger partial charge in [0.1, 0.15) is 0 Å². The van der Waals surface area contributed by atoms with Gasteiger partial charge in [-0.15, -0.1) is 11.3 Å². The van der Waals surface area contributed by atoms with Crippen LogP contribution < -0.4 is 26.2 Å². The molecule has 384 valence electrons. The van der Waals surface area contributed by atoms with Crippen molar-refractivity contribution in [1.29, 1.82) is 0 Å². The summed E-state index contributed by atoms with van der Waals surface area (Å²) in [6.07, 6.45) is 9.64. The molecule has 0 radical (unpaired) electrons. The lowest BCUT2D eigenvalue weighted by molar-refractivity contribution is 0.195. The van der Waals surface area contributed by atoms with Gasteiger partial charge >= 0.3 is 0 Å². The molecule has 5 heteroatoms. The van der Waals surface area contributed by atoms with Gasteiger partial charge in [-0.3, -0.25) is 0 Å². The Morgan fingerprint density at radius 1 is 0.493 bits per heavy atom. The average Bonchev–Trinajstić information content (AvgIpc) is 4.09. The molecule has 2 unspecified atom stereocenters. The zero-order chi connectivity index (χ0) is 52.7. The molecule has 8 aromatic rings. The van der Waals surface area contributed by atoms with Crippen LogP contribution in [0, 0.1) is 0 Å². The van der Waals surface area contributed by atoms with Gasteiger partial charge in [0.05, 0.1) is 27.0 Å². The van der Waals surface area contributed by atoms with E-state index in [0.717, 1.165) is 0 Å². The minimum atomic E-state index is -0.117. The number of hydrogen-bond donors (Lipinski definition) is 0. The predicted octanol–water partition coefficient (Wildman–Crippen LogP) is 17.6. The third kappa shape index (κ3) is 6.34. The van der Waals surface area contributed by atoms with Gasteiger partial charge in [0.15, 0.2) is 0 Å². The number of nitrogens with zero attached hydrogens (tertiary/aromatic N) is 3. The van der Waals surface area contributed by atoms with Gasteiger partial charge < -0.3 is 14.4 Å². The monoisotopic (exact) mass is 1010 g/mol. The number of benzene rings is 6. The minimum Gasteiger partial charge on any atom is -0.335 e. The first-order valence-corrected chi connectivity index (χ1v) is 29.7. The van der Waals surface area contributed by atoms with Gasteiger partial charge in [0.25, 0.3) is 6.71 Å². The smallest absolute Gasteiger partial charge is 0.252 e. The Kier molecular flexibility index (Phi) is 9.53. The van der Waals surface area contributed by atoms with Crippen LogP contribution in [0.5, 0.6) is 0 Å². The Labute approximate surface area is 453 Å². The molecule has 2 aromatic heterocycles. The maximum atomic E-state index is 2.97. The number of rotatable bonds is 3. The first kappa shape index (κ1) is 48.1. The molecule has 3 aliphatic carbocycles. The number of hydrogen-bond acceptors (Lipinski definition) is 3. The molecule has 5 heterocycles. The van der Waals surface area contributed by atoms with E-state index in [1.165, 1.54) is 166 Å². The Balaban J connectivity index is 1.16. The van der Waals surface area contributed by atoms with Crippen LogP contribution in [0.2, 0.25) is 0 Å². The molecule has 0 saturated heterocycles. The second-order valence-corrected chi connectivity index (χ2v) is 30.9. The minimum absolute atomic E-state index is 0.00978. The molecule has 0 N–H and O–H groups in total. The van der Waals surface area contributed by atoms with Crippen molar-refractivity contribution in [2.75, 3.05) is 9.80 Å². The Morgan fingerprint density at radius 3 is 1.65 bits per heavy atom. The van der Waals surface area contributed by atoms with Gasteiger partial charge in [-0.1, -0.05) is 165 Å². The fourth-order valence-corrected chi connectivity index (χ4v) is 17.4. The van der Waals surface area contributed by atoms with Crippen LogP contribution >= 0.6 is 11.3 Å². The number of aromatic nitrogens is 1. The highest BCUT2D eigenvalue weighted by molar-refractivity contribution is 7.26. The van der Waals surface area contributed by atoms with E-state index in [2.05, 4.69) is 222 Å². The molecule has 0 bridgehead atoms. The van der Waals surface area contributed by atoms with Crippen molar-refractivity contribution in [3.8, 4) is 5.69 Å². The Hall–Kier alpha value is -5.26. The normalized spacial score (nSPS) is 23.3. The summed E-state index contributed by atoms with van der Waals surface area (Å²) in [7, 11) is 0. The van der Waals surface area contributed by atoms with E-state index >= 15 is 0 Å².